The quantitative estimate of drug-likeness (QED) is 0.326. The molecule has 1 fully saturated rings. The normalized spacial score (nSPS) is 14.3. The lowest BCUT2D eigenvalue weighted by atomic mass is 10.1. The number of hydrogen-bond donors (Lipinski definition) is 0. The van der Waals surface area contributed by atoms with E-state index in [-0.39, 0.29) is 22.5 Å². The molecule has 39 heavy (non-hydrogen) atoms. The SMILES string of the molecule is COC(=O)c1ccc(CN2CCN(C(=O)c3ccc(CS(=O)(=O)c4cccc5cccnc45)cc3)CC2)cc1. The van der Waals surface area contributed by atoms with Gasteiger partial charge >= 0.3 is 5.97 Å². The largest absolute Gasteiger partial charge is 0.465 e. The lowest BCUT2D eigenvalue weighted by molar-refractivity contribution is 0.0599. The second-order valence-corrected chi connectivity index (χ2v) is 11.5. The average molecular weight is 544 g/mol. The van der Waals surface area contributed by atoms with Crippen LogP contribution in [0.1, 0.15) is 31.8 Å². The molecule has 0 radical (unpaired) electrons. The topological polar surface area (TPSA) is 96.9 Å². The fraction of sp³-hybridized carbons (Fsp3) is 0.233. The van der Waals surface area contributed by atoms with Crippen molar-refractivity contribution in [3.8, 4) is 0 Å². The Balaban J connectivity index is 1.18. The molecule has 0 unspecified atom stereocenters. The van der Waals surface area contributed by atoms with E-state index < -0.39 is 9.84 Å². The van der Waals surface area contributed by atoms with Gasteiger partial charge in [0.1, 0.15) is 0 Å². The van der Waals surface area contributed by atoms with Gasteiger partial charge in [0, 0.05) is 49.9 Å². The number of methoxy groups -OCH3 is 1. The van der Waals surface area contributed by atoms with E-state index in [0.717, 1.165) is 30.6 Å². The summed E-state index contributed by atoms with van der Waals surface area (Å²) < 4.78 is 31.1. The molecule has 2 heterocycles. The Labute approximate surface area is 227 Å². The molecule has 0 saturated carbocycles. The van der Waals surface area contributed by atoms with Gasteiger partial charge in [0.05, 0.1) is 28.8 Å². The number of aromatic nitrogens is 1. The van der Waals surface area contributed by atoms with Gasteiger partial charge in [-0.05, 0) is 47.5 Å². The van der Waals surface area contributed by atoms with Gasteiger partial charge in [-0.2, -0.15) is 0 Å². The zero-order valence-corrected chi connectivity index (χ0v) is 22.4. The Kier molecular flexibility index (Phi) is 7.72. The Morgan fingerprint density at radius 3 is 2.15 bits per heavy atom. The molecular formula is C30H29N3O5S. The highest BCUT2D eigenvalue weighted by Crippen LogP contribution is 2.24. The smallest absolute Gasteiger partial charge is 0.337 e. The van der Waals surface area contributed by atoms with Crippen LogP contribution in [0.4, 0.5) is 0 Å². The number of carbonyl (C=O) groups excluding carboxylic acids is 2. The van der Waals surface area contributed by atoms with Gasteiger partial charge in [-0.3, -0.25) is 14.7 Å². The Morgan fingerprint density at radius 2 is 1.46 bits per heavy atom. The highest BCUT2D eigenvalue weighted by atomic mass is 32.2. The number of para-hydroxylation sites is 1. The molecule has 4 aromatic rings. The molecule has 3 aromatic carbocycles. The van der Waals surface area contributed by atoms with Crippen molar-refractivity contribution in [1.82, 2.24) is 14.8 Å². The summed E-state index contributed by atoms with van der Waals surface area (Å²) in [4.78, 5) is 33.3. The van der Waals surface area contributed by atoms with E-state index in [1.165, 1.54) is 7.11 Å². The summed E-state index contributed by atoms with van der Waals surface area (Å²) in [7, 11) is -2.26. The number of amides is 1. The number of carbonyl (C=O) groups is 2. The molecule has 200 valence electrons. The van der Waals surface area contributed by atoms with Crippen LogP contribution in [0.25, 0.3) is 10.9 Å². The molecule has 0 atom stereocenters. The number of ether oxygens (including phenoxy) is 1. The number of pyridine rings is 1. The third kappa shape index (κ3) is 6.00. The summed E-state index contributed by atoms with van der Waals surface area (Å²) in [5.41, 5.74) is 3.22. The molecule has 1 amide bonds. The van der Waals surface area contributed by atoms with Crippen LogP contribution in [0.15, 0.2) is 90.0 Å². The van der Waals surface area contributed by atoms with Crippen molar-refractivity contribution in [2.75, 3.05) is 33.3 Å². The van der Waals surface area contributed by atoms with Gasteiger partial charge in [-0.25, -0.2) is 13.2 Å². The van der Waals surface area contributed by atoms with E-state index in [0.29, 0.717) is 35.3 Å². The van der Waals surface area contributed by atoms with Crippen molar-refractivity contribution < 1.29 is 22.7 Å². The second-order valence-electron chi connectivity index (χ2n) is 9.54. The summed E-state index contributed by atoms with van der Waals surface area (Å²) >= 11 is 0. The van der Waals surface area contributed by atoms with Gasteiger partial charge in [0.15, 0.2) is 9.84 Å². The molecule has 0 N–H and O–H groups in total. The van der Waals surface area contributed by atoms with Crippen molar-refractivity contribution >= 4 is 32.6 Å². The first kappa shape index (κ1) is 26.5. The predicted molar refractivity (Wildman–Crippen MR) is 148 cm³/mol. The molecule has 0 aliphatic carbocycles. The Bertz CT molecular complexity index is 1590. The van der Waals surface area contributed by atoms with Crippen LogP contribution < -0.4 is 0 Å². The monoisotopic (exact) mass is 543 g/mol. The van der Waals surface area contributed by atoms with Crippen molar-refractivity contribution in [3.63, 3.8) is 0 Å². The lowest BCUT2D eigenvalue weighted by Gasteiger charge is -2.34. The van der Waals surface area contributed by atoms with Crippen LogP contribution >= 0.6 is 0 Å². The summed E-state index contributed by atoms with van der Waals surface area (Å²) in [5, 5.41) is 0.774. The fourth-order valence-electron chi connectivity index (χ4n) is 4.78. The first-order valence-electron chi connectivity index (χ1n) is 12.7. The first-order valence-corrected chi connectivity index (χ1v) is 14.3. The molecule has 9 heteroatoms. The van der Waals surface area contributed by atoms with E-state index in [1.54, 1.807) is 60.8 Å². The minimum atomic E-state index is -3.62. The van der Waals surface area contributed by atoms with Gasteiger partial charge < -0.3 is 9.64 Å². The minimum absolute atomic E-state index is 0.0651. The second kappa shape index (κ2) is 11.3. The molecule has 1 aromatic heterocycles. The van der Waals surface area contributed by atoms with Crippen LogP contribution in [0.2, 0.25) is 0 Å². The van der Waals surface area contributed by atoms with Crippen molar-refractivity contribution in [2.45, 2.75) is 17.2 Å². The molecule has 1 saturated heterocycles. The number of sulfone groups is 1. The number of benzene rings is 3. The lowest BCUT2D eigenvalue weighted by Crippen LogP contribution is -2.48. The average Bonchev–Trinajstić information content (AvgIpc) is 2.97. The van der Waals surface area contributed by atoms with Crippen LogP contribution in [0, 0.1) is 0 Å². The van der Waals surface area contributed by atoms with Crippen LogP contribution in [0.5, 0.6) is 0 Å². The van der Waals surface area contributed by atoms with Gasteiger partial charge in [-0.15, -0.1) is 0 Å². The zero-order chi connectivity index (χ0) is 27.4. The van der Waals surface area contributed by atoms with E-state index in [4.69, 9.17) is 4.74 Å². The summed E-state index contributed by atoms with van der Waals surface area (Å²) in [5.74, 6) is -0.591. The molecule has 5 rings (SSSR count). The maximum Gasteiger partial charge on any atom is 0.337 e. The standard InChI is InChI=1S/C30H29N3O5S/c1-38-30(35)26-13-7-22(8-14-26)20-32-16-18-33(19-17-32)29(34)25-11-9-23(10-12-25)21-39(36,37)27-6-2-4-24-5-3-15-31-28(24)27/h2-15H,16-21H2,1H3. The van der Waals surface area contributed by atoms with Crippen molar-refractivity contribution in [3.05, 3.63) is 107 Å². The number of nitrogens with zero attached hydrogens (tertiary/aromatic N) is 3. The van der Waals surface area contributed by atoms with Crippen LogP contribution in [0.3, 0.4) is 0 Å². The molecule has 0 spiro atoms. The van der Waals surface area contributed by atoms with Crippen molar-refractivity contribution in [1.29, 1.82) is 0 Å². The highest BCUT2D eigenvalue weighted by molar-refractivity contribution is 7.90. The molecule has 8 nitrogen and oxygen atoms in total. The van der Waals surface area contributed by atoms with Crippen LogP contribution in [-0.4, -0.2) is 68.4 Å². The minimum Gasteiger partial charge on any atom is -0.465 e. The Hall–Kier alpha value is -4.08. The fourth-order valence-corrected chi connectivity index (χ4v) is 6.32. The van der Waals surface area contributed by atoms with Crippen LogP contribution in [-0.2, 0) is 26.9 Å². The molecule has 1 aliphatic heterocycles. The molecule has 1 aliphatic rings. The summed E-state index contributed by atoms with van der Waals surface area (Å²) in [6.07, 6.45) is 1.59. The highest BCUT2D eigenvalue weighted by Gasteiger charge is 2.23. The maximum absolute atomic E-state index is 13.2. The van der Waals surface area contributed by atoms with Gasteiger partial charge in [0.25, 0.3) is 5.91 Å². The number of esters is 1. The van der Waals surface area contributed by atoms with E-state index in [2.05, 4.69) is 9.88 Å². The summed E-state index contributed by atoms with van der Waals surface area (Å²) in [6, 6.07) is 22.9. The number of piperazine rings is 1. The molecule has 0 bridgehead atoms. The predicted octanol–water partition coefficient (Wildman–Crippen LogP) is 3.95. The van der Waals surface area contributed by atoms with Gasteiger partial charge in [-0.1, -0.05) is 42.5 Å². The Morgan fingerprint density at radius 1 is 0.821 bits per heavy atom. The van der Waals surface area contributed by atoms with E-state index in [9.17, 15) is 18.0 Å². The van der Waals surface area contributed by atoms with Crippen molar-refractivity contribution in [2.24, 2.45) is 0 Å². The third-order valence-corrected chi connectivity index (χ3v) is 8.64. The summed E-state index contributed by atoms with van der Waals surface area (Å²) in [6.45, 7) is 3.41. The number of hydrogen-bond acceptors (Lipinski definition) is 7. The van der Waals surface area contributed by atoms with E-state index in [1.807, 2.05) is 29.2 Å². The maximum atomic E-state index is 13.2. The zero-order valence-electron chi connectivity index (χ0n) is 21.6. The van der Waals surface area contributed by atoms with Gasteiger partial charge in [0.2, 0.25) is 0 Å². The first-order chi connectivity index (χ1) is 18.8. The number of fused-ring (bicyclic) bond motifs is 1. The third-order valence-electron chi connectivity index (χ3n) is 6.93. The molecular weight excluding hydrogens is 514 g/mol. The van der Waals surface area contributed by atoms with E-state index >= 15 is 0 Å². The number of rotatable bonds is 7.